The van der Waals surface area contributed by atoms with Crippen LogP contribution in [0, 0.1) is 0 Å². The highest BCUT2D eigenvalue weighted by Crippen LogP contribution is 2.21. The number of hydrogen-bond acceptors (Lipinski definition) is 4. The SMILES string of the molecule is NC(=O)CS(=O)(=O)c1ccc(Br)c(C(=O)O)c1. The highest BCUT2D eigenvalue weighted by atomic mass is 79.9. The molecule has 8 heteroatoms. The summed E-state index contributed by atoms with van der Waals surface area (Å²) in [6, 6.07) is 3.47. The van der Waals surface area contributed by atoms with Crippen molar-refractivity contribution in [1.82, 2.24) is 0 Å². The van der Waals surface area contributed by atoms with Gasteiger partial charge in [-0.3, -0.25) is 4.79 Å². The Kier molecular flexibility index (Phi) is 3.89. The maximum absolute atomic E-state index is 11.6. The van der Waals surface area contributed by atoms with Crippen LogP contribution in [0.1, 0.15) is 10.4 Å². The van der Waals surface area contributed by atoms with Crippen molar-refractivity contribution >= 4 is 37.6 Å². The van der Waals surface area contributed by atoms with Crippen molar-refractivity contribution in [1.29, 1.82) is 0 Å². The number of sulfone groups is 1. The van der Waals surface area contributed by atoms with Gasteiger partial charge in [0, 0.05) is 4.47 Å². The van der Waals surface area contributed by atoms with Crippen LogP contribution in [0.25, 0.3) is 0 Å². The molecule has 0 aliphatic carbocycles. The molecule has 0 radical (unpaired) electrons. The summed E-state index contributed by atoms with van der Waals surface area (Å²) in [7, 11) is -3.89. The van der Waals surface area contributed by atoms with Crippen LogP contribution >= 0.6 is 15.9 Å². The van der Waals surface area contributed by atoms with Crippen molar-refractivity contribution in [3.63, 3.8) is 0 Å². The predicted molar refractivity (Wildman–Crippen MR) is 62.3 cm³/mol. The molecular weight excluding hydrogens is 314 g/mol. The Morgan fingerprint density at radius 2 is 1.94 bits per heavy atom. The van der Waals surface area contributed by atoms with Gasteiger partial charge in [0.15, 0.2) is 9.84 Å². The minimum atomic E-state index is -3.89. The minimum Gasteiger partial charge on any atom is -0.478 e. The molecule has 0 fully saturated rings. The molecule has 0 saturated heterocycles. The van der Waals surface area contributed by atoms with Gasteiger partial charge in [0.1, 0.15) is 5.75 Å². The lowest BCUT2D eigenvalue weighted by atomic mass is 10.2. The molecule has 1 amide bonds. The van der Waals surface area contributed by atoms with E-state index in [4.69, 9.17) is 10.8 Å². The molecular formula is C9H8BrNO5S. The Labute approximate surface area is 105 Å². The number of rotatable bonds is 4. The van der Waals surface area contributed by atoms with Crippen molar-refractivity contribution in [2.45, 2.75) is 4.90 Å². The summed E-state index contributed by atoms with van der Waals surface area (Å²) in [6.45, 7) is 0. The van der Waals surface area contributed by atoms with E-state index in [1.54, 1.807) is 0 Å². The number of carbonyl (C=O) groups is 2. The molecule has 0 spiro atoms. The van der Waals surface area contributed by atoms with Gasteiger partial charge in [0.2, 0.25) is 5.91 Å². The van der Waals surface area contributed by atoms with Crippen LogP contribution < -0.4 is 5.73 Å². The number of hydrogen-bond donors (Lipinski definition) is 2. The molecule has 0 aliphatic rings. The topological polar surface area (TPSA) is 115 Å². The number of carboxylic acids is 1. The summed E-state index contributed by atoms with van der Waals surface area (Å²) in [4.78, 5) is 21.1. The summed E-state index contributed by atoms with van der Waals surface area (Å²) < 4.78 is 23.5. The van der Waals surface area contributed by atoms with E-state index in [1.165, 1.54) is 12.1 Å². The quantitative estimate of drug-likeness (QED) is 0.833. The normalized spacial score (nSPS) is 11.1. The molecule has 0 saturated carbocycles. The highest BCUT2D eigenvalue weighted by Gasteiger charge is 2.20. The van der Waals surface area contributed by atoms with Crippen LogP contribution in [0.2, 0.25) is 0 Å². The monoisotopic (exact) mass is 321 g/mol. The fraction of sp³-hybridized carbons (Fsp3) is 0.111. The van der Waals surface area contributed by atoms with Crippen molar-refractivity contribution in [2.75, 3.05) is 5.75 Å². The maximum Gasteiger partial charge on any atom is 0.336 e. The first-order valence-electron chi connectivity index (χ1n) is 4.28. The summed E-state index contributed by atoms with van der Waals surface area (Å²) >= 11 is 2.98. The van der Waals surface area contributed by atoms with E-state index in [-0.39, 0.29) is 14.9 Å². The highest BCUT2D eigenvalue weighted by molar-refractivity contribution is 9.10. The zero-order valence-electron chi connectivity index (χ0n) is 8.38. The number of nitrogens with two attached hydrogens (primary N) is 1. The molecule has 3 N–H and O–H groups in total. The van der Waals surface area contributed by atoms with Crippen molar-refractivity contribution in [2.24, 2.45) is 5.73 Å². The van der Waals surface area contributed by atoms with E-state index in [0.717, 1.165) is 6.07 Å². The Morgan fingerprint density at radius 3 is 2.41 bits per heavy atom. The van der Waals surface area contributed by atoms with E-state index >= 15 is 0 Å². The number of primary amides is 1. The fourth-order valence-electron chi connectivity index (χ4n) is 1.13. The second kappa shape index (κ2) is 4.84. The van der Waals surface area contributed by atoms with Crippen LogP contribution in [0.3, 0.4) is 0 Å². The lowest BCUT2D eigenvalue weighted by molar-refractivity contribution is -0.115. The summed E-state index contributed by atoms with van der Waals surface area (Å²) in [5.74, 6) is -3.12. The number of carbonyl (C=O) groups excluding carboxylic acids is 1. The lowest BCUT2D eigenvalue weighted by Crippen LogP contribution is -2.23. The molecule has 0 unspecified atom stereocenters. The third-order valence-electron chi connectivity index (χ3n) is 1.86. The van der Waals surface area contributed by atoms with Crippen molar-refractivity contribution < 1.29 is 23.1 Å². The van der Waals surface area contributed by atoms with Crippen LogP contribution in [0.4, 0.5) is 0 Å². The van der Waals surface area contributed by atoms with Gasteiger partial charge >= 0.3 is 5.97 Å². The van der Waals surface area contributed by atoms with E-state index in [9.17, 15) is 18.0 Å². The molecule has 0 aromatic heterocycles. The number of carboxylic acid groups (broad SMARTS) is 1. The third kappa shape index (κ3) is 3.27. The fourth-order valence-corrected chi connectivity index (χ4v) is 2.66. The molecule has 17 heavy (non-hydrogen) atoms. The van der Waals surface area contributed by atoms with Gasteiger partial charge in [-0.1, -0.05) is 0 Å². The van der Waals surface area contributed by atoms with Crippen molar-refractivity contribution in [3.8, 4) is 0 Å². The van der Waals surface area contributed by atoms with Crippen LogP contribution in [0.15, 0.2) is 27.6 Å². The Morgan fingerprint density at radius 1 is 1.35 bits per heavy atom. The molecule has 0 aliphatic heterocycles. The summed E-state index contributed by atoms with van der Waals surface area (Å²) in [5.41, 5.74) is 4.60. The van der Waals surface area contributed by atoms with Gasteiger partial charge in [0.25, 0.3) is 0 Å². The largest absolute Gasteiger partial charge is 0.478 e. The Balaban J connectivity index is 3.30. The molecule has 1 aromatic carbocycles. The number of halogens is 1. The second-order valence-corrected chi connectivity index (χ2v) is 6.02. The maximum atomic E-state index is 11.6. The van der Waals surface area contributed by atoms with Gasteiger partial charge in [0.05, 0.1) is 10.5 Å². The first-order valence-corrected chi connectivity index (χ1v) is 6.72. The summed E-state index contributed by atoms with van der Waals surface area (Å²) in [5, 5.41) is 8.82. The number of benzene rings is 1. The van der Waals surface area contributed by atoms with Crippen LogP contribution in [-0.2, 0) is 14.6 Å². The number of amides is 1. The molecule has 6 nitrogen and oxygen atoms in total. The van der Waals surface area contributed by atoms with Gasteiger partial charge in [-0.25, -0.2) is 13.2 Å². The van der Waals surface area contributed by atoms with Crippen molar-refractivity contribution in [3.05, 3.63) is 28.2 Å². The third-order valence-corrected chi connectivity index (χ3v) is 4.19. The average Bonchev–Trinajstić information content (AvgIpc) is 2.15. The van der Waals surface area contributed by atoms with E-state index in [0.29, 0.717) is 0 Å². The standard InChI is InChI=1S/C9H8BrNO5S/c10-7-2-1-5(3-6(7)9(13)14)17(15,16)4-8(11)12/h1-3H,4H2,(H2,11,12)(H,13,14). The lowest BCUT2D eigenvalue weighted by Gasteiger charge is -2.04. The molecule has 1 aromatic rings. The molecule has 0 heterocycles. The predicted octanol–water partition coefficient (Wildman–Crippen LogP) is 0.406. The van der Waals surface area contributed by atoms with Gasteiger partial charge in [-0.15, -0.1) is 0 Å². The molecule has 0 atom stereocenters. The Hall–Kier alpha value is -1.41. The van der Waals surface area contributed by atoms with Gasteiger partial charge in [-0.05, 0) is 34.1 Å². The molecule has 92 valence electrons. The average molecular weight is 322 g/mol. The molecule has 0 bridgehead atoms. The van der Waals surface area contributed by atoms with Gasteiger partial charge < -0.3 is 10.8 Å². The zero-order valence-corrected chi connectivity index (χ0v) is 10.8. The minimum absolute atomic E-state index is 0.199. The smallest absolute Gasteiger partial charge is 0.336 e. The summed E-state index contributed by atoms with van der Waals surface area (Å²) in [6.07, 6.45) is 0. The van der Waals surface area contributed by atoms with E-state index in [2.05, 4.69) is 15.9 Å². The second-order valence-electron chi connectivity index (χ2n) is 3.17. The molecule has 1 rings (SSSR count). The number of aromatic carboxylic acids is 1. The Bertz CT molecular complexity index is 581. The van der Waals surface area contributed by atoms with Gasteiger partial charge in [-0.2, -0.15) is 0 Å². The first kappa shape index (κ1) is 13.7. The van der Waals surface area contributed by atoms with E-state index < -0.39 is 27.5 Å². The van der Waals surface area contributed by atoms with Crippen LogP contribution in [0.5, 0.6) is 0 Å². The van der Waals surface area contributed by atoms with E-state index in [1.807, 2.05) is 0 Å². The first-order chi connectivity index (χ1) is 7.74. The van der Waals surface area contributed by atoms with Crippen LogP contribution in [-0.4, -0.2) is 31.2 Å². The zero-order chi connectivity index (χ0) is 13.2.